The third kappa shape index (κ3) is 7.84. The van der Waals surface area contributed by atoms with E-state index in [9.17, 15) is 18.0 Å². The molecule has 1 aromatic carbocycles. The van der Waals surface area contributed by atoms with E-state index < -0.39 is 23.2 Å². The summed E-state index contributed by atoms with van der Waals surface area (Å²) in [5.41, 5.74) is -4.45. The quantitative estimate of drug-likeness (QED) is 0.887. The molecule has 1 amide bonds. The van der Waals surface area contributed by atoms with Gasteiger partial charge >= 0.3 is 11.6 Å². The van der Waals surface area contributed by atoms with Crippen LogP contribution in [0.25, 0.3) is 0 Å². The van der Waals surface area contributed by atoms with Gasteiger partial charge in [0.05, 0.1) is 6.04 Å². The highest BCUT2D eigenvalue weighted by Crippen LogP contribution is 2.33. The van der Waals surface area contributed by atoms with E-state index in [1.165, 1.54) is 0 Å². The molecule has 0 bridgehead atoms. The van der Waals surface area contributed by atoms with Crippen molar-refractivity contribution >= 4 is 17.9 Å². The zero-order valence-corrected chi connectivity index (χ0v) is 12.8. The van der Waals surface area contributed by atoms with E-state index in [0.717, 1.165) is 0 Å². The number of carbonyl (C=O) groups is 1. The van der Waals surface area contributed by atoms with Crippen molar-refractivity contribution in [2.75, 3.05) is 5.75 Å². The van der Waals surface area contributed by atoms with Gasteiger partial charge in [0.2, 0.25) is 0 Å². The van der Waals surface area contributed by atoms with E-state index in [1.54, 1.807) is 51.1 Å². The summed E-state index contributed by atoms with van der Waals surface area (Å²) in [4.78, 5) is 11.7. The summed E-state index contributed by atoms with van der Waals surface area (Å²) in [6.07, 6.45) is -0.737. The second-order valence-corrected chi connectivity index (χ2v) is 6.45. The van der Waals surface area contributed by atoms with Crippen molar-refractivity contribution in [3.63, 3.8) is 0 Å². The summed E-state index contributed by atoms with van der Waals surface area (Å²) in [5, 5.41) is 2.48. The topological polar surface area (TPSA) is 38.3 Å². The van der Waals surface area contributed by atoms with E-state index in [-0.39, 0.29) is 17.5 Å². The van der Waals surface area contributed by atoms with Gasteiger partial charge in [-0.1, -0.05) is 30.3 Å². The van der Waals surface area contributed by atoms with Gasteiger partial charge in [-0.25, -0.2) is 4.79 Å². The van der Waals surface area contributed by atoms with Gasteiger partial charge in [-0.15, -0.1) is 0 Å². The minimum Gasteiger partial charge on any atom is -0.444 e. The number of thioether (sulfide) groups is 1. The lowest BCUT2D eigenvalue weighted by Crippen LogP contribution is -2.36. The minimum absolute atomic E-state index is 0.174. The predicted molar refractivity (Wildman–Crippen MR) is 77.1 cm³/mol. The molecule has 1 rings (SSSR count). The van der Waals surface area contributed by atoms with Gasteiger partial charge < -0.3 is 10.1 Å². The molecule has 0 radical (unpaired) electrons. The number of alkyl carbamates (subject to hydrolysis) is 1. The fraction of sp³-hybridized carbons (Fsp3) is 0.500. The van der Waals surface area contributed by atoms with Crippen LogP contribution in [0.3, 0.4) is 0 Å². The summed E-state index contributed by atoms with van der Waals surface area (Å²) < 4.78 is 42.2. The second kappa shape index (κ2) is 7.06. The van der Waals surface area contributed by atoms with Crippen LogP contribution in [0, 0.1) is 0 Å². The molecule has 0 aliphatic heterocycles. The molecule has 1 aromatic rings. The largest absolute Gasteiger partial charge is 0.444 e. The molecule has 0 aliphatic carbocycles. The van der Waals surface area contributed by atoms with Gasteiger partial charge in [-0.05, 0) is 38.1 Å². The number of ether oxygens (including phenoxy) is 1. The zero-order chi connectivity index (χ0) is 16.1. The molecule has 1 atom stereocenters. The van der Waals surface area contributed by atoms with Crippen LogP contribution in [-0.4, -0.2) is 23.0 Å². The number of halogens is 3. The Morgan fingerprint density at radius 2 is 1.81 bits per heavy atom. The van der Waals surface area contributed by atoms with E-state index in [2.05, 4.69) is 5.32 Å². The molecule has 0 unspecified atom stereocenters. The lowest BCUT2D eigenvalue weighted by Gasteiger charge is -2.24. The number of amides is 1. The monoisotopic (exact) mass is 321 g/mol. The Hall–Kier alpha value is -1.37. The number of hydrogen-bond acceptors (Lipinski definition) is 3. The highest BCUT2D eigenvalue weighted by Gasteiger charge is 2.31. The molecule has 0 fully saturated rings. The van der Waals surface area contributed by atoms with Crippen LogP contribution in [0.1, 0.15) is 32.4 Å². The van der Waals surface area contributed by atoms with Crippen LogP contribution in [-0.2, 0) is 4.74 Å². The third-order valence-corrected chi connectivity index (χ3v) is 3.13. The van der Waals surface area contributed by atoms with Gasteiger partial charge in [0.15, 0.2) is 0 Å². The molecular formula is C14H18F3NO2S. The molecule has 0 saturated carbocycles. The lowest BCUT2D eigenvalue weighted by molar-refractivity contribution is -0.0329. The maximum atomic E-state index is 12.4. The van der Waals surface area contributed by atoms with Gasteiger partial charge in [0, 0.05) is 5.75 Å². The fourth-order valence-electron chi connectivity index (χ4n) is 1.53. The zero-order valence-electron chi connectivity index (χ0n) is 12.0. The molecule has 0 spiro atoms. The van der Waals surface area contributed by atoms with Crippen LogP contribution >= 0.6 is 11.8 Å². The maximum absolute atomic E-state index is 12.4. The Balaban J connectivity index is 2.75. The van der Waals surface area contributed by atoms with Crippen molar-refractivity contribution in [3.05, 3.63) is 35.9 Å². The second-order valence-electron chi connectivity index (χ2n) is 5.37. The van der Waals surface area contributed by atoms with E-state index >= 15 is 0 Å². The van der Waals surface area contributed by atoms with E-state index in [0.29, 0.717) is 5.56 Å². The Bertz CT molecular complexity index is 458. The smallest absolute Gasteiger partial charge is 0.441 e. The molecule has 21 heavy (non-hydrogen) atoms. The molecule has 0 saturated heterocycles. The molecule has 0 heterocycles. The van der Waals surface area contributed by atoms with Crippen LogP contribution < -0.4 is 5.32 Å². The number of carbonyl (C=O) groups excluding carboxylic acids is 1. The first kappa shape index (κ1) is 17.7. The van der Waals surface area contributed by atoms with Gasteiger partial charge in [-0.3, -0.25) is 0 Å². The van der Waals surface area contributed by atoms with Crippen molar-refractivity contribution in [3.8, 4) is 0 Å². The van der Waals surface area contributed by atoms with E-state index in [4.69, 9.17) is 4.74 Å². The highest BCUT2D eigenvalue weighted by molar-refractivity contribution is 8.00. The van der Waals surface area contributed by atoms with Crippen LogP contribution in [0.5, 0.6) is 0 Å². The lowest BCUT2D eigenvalue weighted by atomic mass is 10.1. The Morgan fingerprint density at radius 1 is 1.24 bits per heavy atom. The van der Waals surface area contributed by atoms with Crippen molar-refractivity contribution < 1.29 is 22.7 Å². The van der Waals surface area contributed by atoms with Crippen molar-refractivity contribution in [2.24, 2.45) is 0 Å². The SMILES string of the molecule is CC(C)(C)OC(=O)N[C@@H](CSC(F)(F)F)c1ccccc1. The normalized spacial score (nSPS) is 13.6. The summed E-state index contributed by atoms with van der Waals surface area (Å²) in [5.74, 6) is -0.313. The molecule has 7 heteroatoms. The van der Waals surface area contributed by atoms with E-state index in [1.807, 2.05) is 0 Å². The standard InChI is InChI=1S/C14H18F3NO2S/c1-13(2,3)20-12(19)18-11(9-21-14(15,16)17)10-7-5-4-6-8-10/h4-8,11H,9H2,1-3H3,(H,18,19)/t11-/m0/s1. The van der Waals surface area contributed by atoms with Gasteiger partial charge in [0.25, 0.3) is 0 Å². The number of benzene rings is 1. The molecule has 1 N–H and O–H groups in total. The maximum Gasteiger partial charge on any atom is 0.441 e. The summed E-state index contributed by atoms with van der Waals surface area (Å²) in [6.45, 7) is 5.07. The first-order valence-corrected chi connectivity index (χ1v) is 7.30. The van der Waals surface area contributed by atoms with Crippen molar-refractivity contribution in [2.45, 2.75) is 37.9 Å². The van der Waals surface area contributed by atoms with Gasteiger partial charge in [-0.2, -0.15) is 13.2 Å². The van der Waals surface area contributed by atoms with Crippen LogP contribution in [0.2, 0.25) is 0 Å². The summed E-state index contributed by atoms with van der Waals surface area (Å²) in [6, 6.07) is 7.73. The Kier molecular flexibility index (Phi) is 5.95. The molecule has 0 aromatic heterocycles. The molecule has 0 aliphatic rings. The predicted octanol–water partition coefficient (Wildman–Crippen LogP) is 4.51. The first-order chi connectivity index (χ1) is 9.57. The molecule has 118 valence electrons. The number of hydrogen-bond donors (Lipinski definition) is 1. The summed E-state index contributed by atoms with van der Waals surface area (Å²) in [7, 11) is 0. The third-order valence-electron chi connectivity index (χ3n) is 2.31. The van der Waals surface area contributed by atoms with Gasteiger partial charge in [0.1, 0.15) is 5.60 Å². The molecular weight excluding hydrogens is 303 g/mol. The average molecular weight is 321 g/mol. The average Bonchev–Trinajstić information content (AvgIpc) is 2.32. The minimum atomic E-state index is -4.34. The Labute approximate surface area is 126 Å². The van der Waals surface area contributed by atoms with Crippen LogP contribution in [0.4, 0.5) is 18.0 Å². The van der Waals surface area contributed by atoms with Crippen LogP contribution in [0.15, 0.2) is 30.3 Å². The summed E-state index contributed by atoms with van der Waals surface area (Å²) >= 11 is -0.174. The van der Waals surface area contributed by atoms with Crippen molar-refractivity contribution in [1.29, 1.82) is 0 Å². The highest BCUT2D eigenvalue weighted by atomic mass is 32.2. The fourth-order valence-corrected chi connectivity index (χ4v) is 2.17. The van der Waals surface area contributed by atoms with Crippen molar-refractivity contribution in [1.82, 2.24) is 5.32 Å². The molecule has 3 nitrogen and oxygen atoms in total. The number of nitrogens with one attached hydrogen (secondary N) is 1. The Morgan fingerprint density at radius 3 is 2.29 bits per heavy atom. The number of alkyl halides is 3. The first-order valence-electron chi connectivity index (χ1n) is 6.32. The number of rotatable bonds is 4.